The van der Waals surface area contributed by atoms with Gasteiger partial charge in [-0.25, -0.2) is 0 Å². The summed E-state index contributed by atoms with van der Waals surface area (Å²) in [6.45, 7) is 2.79. The fraction of sp³-hybridized carbons (Fsp3) is 0.381. The Kier molecular flexibility index (Phi) is 7.80. The number of ether oxygens (including phenoxy) is 2. The van der Waals surface area contributed by atoms with Crippen LogP contribution in [-0.2, 0) is 13.0 Å². The Morgan fingerprint density at radius 1 is 1.08 bits per heavy atom. The minimum atomic E-state index is 0.319. The van der Waals surface area contributed by atoms with Crippen LogP contribution in [0.15, 0.2) is 53.5 Å². The summed E-state index contributed by atoms with van der Waals surface area (Å²) in [5.41, 5.74) is 2.40. The second-order valence-corrected chi connectivity index (χ2v) is 6.17. The van der Waals surface area contributed by atoms with Crippen molar-refractivity contribution in [1.29, 1.82) is 0 Å². The van der Waals surface area contributed by atoms with Crippen LogP contribution in [0.4, 0.5) is 0 Å². The van der Waals surface area contributed by atoms with Gasteiger partial charge < -0.3 is 20.1 Å². The molecular weight excluding hydrogens is 326 g/mol. The molecule has 0 radical (unpaired) electrons. The third-order valence-corrected chi connectivity index (χ3v) is 4.26. The summed E-state index contributed by atoms with van der Waals surface area (Å²) in [5, 5.41) is 6.79. The van der Waals surface area contributed by atoms with Gasteiger partial charge in [0.15, 0.2) is 5.96 Å². The third kappa shape index (κ3) is 5.99. The van der Waals surface area contributed by atoms with Gasteiger partial charge in [0, 0.05) is 31.3 Å². The summed E-state index contributed by atoms with van der Waals surface area (Å²) >= 11 is 0. The molecule has 0 spiro atoms. The van der Waals surface area contributed by atoms with Crippen molar-refractivity contribution in [3.63, 3.8) is 0 Å². The van der Waals surface area contributed by atoms with Gasteiger partial charge in [-0.3, -0.25) is 4.99 Å². The lowest BCUT2D eigenvalue weighted by atomic mass is 10.1. The Bertz CT molecular complexity index is 702. The van der Waals surface area contributed by atoms with Crippen LogP contribution in [0.1, 0.15) is 24.5 Å². The van der Waals surface area contributed by atoms with E-state index in [0.29, 0.717) is 12.6 Å². The number of benzene rings is 2. The van der Waals surface area contributed by atoms with E-state index in [1.165, 1.54) is 5.56 Å². The highest BCUT2D eigenvalue weighted by Gasteiger charge is 2.08. The predicted molar refractivity (Wildman–Crippen MR) is 107 cm³/mol. The number of aliphatic imine (C=N–C) groups is 1. The Morgan fingerprint density at radius 3 is 2.50 bits per heavy atom. The summed E-state index contributed by atoms with van der Waals surface area (Å²) < 4.78 is 10.7. The van der Waals surface area contributed by atoms with E-state index in [2.05, 4.69) is 46.8 Å². The van der Waals surface area contributed by atoms with Gasteiger partial charge >= 0.3 is 0 Å². The molecule has 0 amide bonds. The molecule has 0 aliphatic rings. The lowest BCUT2D eigenvalue weighted by Crippen LogP contribution is -2.42. The number of rotatable bonds is 8. The van der Waals surface area contributed by atoms with Crippen molar-refractivity contribution in [1.82, 2.24) is 10.6 Å². The van der Waals surface area contributed by atoms with Crippen molar-refractivity contribution < 1.29 is 9.47 Å². The average molecular weight is 355 g/mol. The van der Waals surface area contributed by atoms with E-state index in [1.807, 2.05) is 24.3 Å². The molecule has 1 atom stereocenters. The van der Waals surface area contributed by atoms with Crippen LogP contribution in [0.3, 0.4) is 0 Å². The van der Waals surface area contributed by atoms with Crippen LogP contribution in [0.2, 0.25) is 0 Å². The van der Waals surface area contributed by atoms with E-state index in [-0.39, 0.29) is 0 Å². The zero-order chi connectivity index (χ0) is 18.8. The van der Waals surface area contributed by atoms with Crippen LogP contribution < -0.4 is 20.1 Å². The third-order valence-electron chi connectivity index (χ3n) is 4.26. The summed E-state index contributed by atoms with van der Waals surface area (Å²) in [7, 11) is 5.09. The van der Waals surface area contributed by atoms with Gasteiger partial charge in [0.25, 0.3) is 0 Å². The minimum Gasteiger partial charge on any atom is -0.497 e. The Balaban J connectivity index is 1.85. The molecular formula is C21H29N3O2. The van der Waals surface area contributed by atoms with E-state index in [4.69, 9.17) is 9.47 Å². The predicted octanol–water partition coefficient (Wildman–Crippen LogP) is 3.39. The maximum atomic E-state index is 5.44. The molecule has 2 aromatic rings. The summed E-state index contributed by atoms with van der Waals surface area (Å²) in [6, 6.07) is 16.7. The maximum Gasteiger partial charge on any atom is 0.191 e. The number of hydrogen-bond acceptors (Lipinski definition) is 3. The highest BCUT2D eigenvalue weighted by atomic mass is 16.5. The number of guanidine groups is 1. The molecule has 1 unspecified atom stereocenters. The number of methoxy groups -OCH3 is 2. The topological polar surface area (TPSA) is 54.9 Å². The molecule has 0 saturated carbocycles. The summed E-state index contributed by atoms with van der Waals surface area (Å²) in [4.78, 5) is 4.32. The Labute approximate surface area is 156 Å². The molecule has 2 aromatic carbocycles. The molecule has 0 heterocycles. The normalized spacial score (nSPS) is 12.4. The molecule has 0 saturated heterocycles. The Hall–Kier alpha value is -2.69. The molecule has 0 aromatic heterocycles. The van der Waals surface area contributed by atoms with Crippen molar-refractivity contribution in [2.24, 2.45) is 4.99 Å². The van der Waals surface area contributed by atoms with Gasteiger partial charge in [-0.2, -0.15) is 0 Å². The first-order chi connectivity index (χ1) is 12.7. The molecule has 5 nitrogen and oxygen atoms in total. The summed E-state index contributed by atoms with van der Waals surface area (Å²) in [5.74, 6) is 2.36. The smallest absolute Gasteiger partial charge is 0.191 e. The van der Waals surface area contributed by atoms with Crippen molar-refractivity contribution in [2.75, 3.05) is 21.3 Å². The second-order valence-electron chi connectivity index (χ2n) is 6.17. The molecule has 26 heavy (non-hydrogen) atoms. The van der Waals surface area contributed by atoms with E-state index in [1.54, 1.807) is 21.3 Å². The Morgan fingerprint density at radius 2 is 1.85 bits per heavy atom. The van der Waals surface area contributed by atoms with Crippen LogP contribution in [0.5, 0.6) is 11.5 Å². The first kappa shape index (κ1) is 19.6. The fourth-order valence-corrected chi connectivity index (χ4v) is 2.70. The van der Waals surface area contributed by atoms with Gasteiger partial charge in [0.1, 0.15) is 11.5 Å². The highest BCUT2D eigenvalue weighted by molar-refractivity contribution is 5.80. The second kappa shape index (κ2) is 10.3. The maximum absolute atomic E-state index is 5.44. The lowest BCUT2D eigenvalue weighted by molar-refractivity contribution is 0.390. The van der Waals surface area contributed by atoms with Crippen molar-refractivity contribution in [3.05, 3.63) is 59.7 Å². The molecule has 0 bridgehead atoms. The largest absolute Gasteiger partial charge is 0.497 e. The van der Waals surface area contributed by atoms with E-state index >= 15 is 0 Å². The van der Waals surface area contributed by atoms with Crippen molar-refractivity contribution in [2.45, 2.75) is 32.4 Å². The quantitative estimate of drug-likeness (QED) is 0.563. The molecule has 0 aliphatic heterocycles. The zero-order valence-corrected chi connectivity index (χ0v) is 16.1. The molecule has 2 rings (SSSR count). The fourth-order valence-electron chi connectivity index (χ4n) is 2.70. The molecule has 140 valence electrons. The minimum absolute atomic E-state index is 0.319. The van der Waals surface area contributed by atoms with Crippen LogP contribution >= 0.6 is 0 Å². The van der Waals surface area contributed by atoms with E-state index < -0.39 is 0 Å². The number of nitrogens with zero attached hydrogens (tertiary/aromatic N) is 1. The molecule has 0 fully saturated rings. The zero-order valence-electron chi connectivity index (χ0n) is 16.1. The van der Waals surface area contributed by atoms with Crippen LogP contribution in [-0.4, -0.2) is 33.3 Å². The van der Waals surface area contributed by atoms with Gasteiger partial charge in [-0.1, -0.05) is 30.3 Å². The van der Waals surface area contributed by atoms with Gasteiger partial charge in [0.2, 0.25) is 0 Å². The number of nitrogens with one attached hydrogen (secondary N) is 2. The number of aryl methyl sites for hydroxylation is 1. The highest BCUT2D eigenvalue weighted by Crippen LogP contribution is 2.24. The van der Waals surface area contributed by atoms with Gasteiger partial charge in [0.05, 0.1) is 14.2 Å². The van der Waals surface area contributed by atoms with Crippen LogP contribution in [0, 0.1) is 0 Å². The lowest BCUT2D eigenvalue weighted by Gasteiger charge is -2.19. The van der Waals surface area contributed by atoms with Gasteiger partial charge in [-0.05, 0) is 37.5 Å². The van der Waals surface area contributed by atoms with Crippen molar-refractivity contribution in [3.8, 4) is 11.5 Å². The molecule has 2 N–H and O–H groups in total. The monoisotopic (exact) mass is 355 g/mol. The SMILES string of the molecule is CN=C(NCc1ccc(OC)cc1OC)NC(C)CCc1ccccc1. The van der Waals surface area contributed by atoms with E-state index in [0.717, 1.165) is 35.9 Å². The first-order valence-corrected chi connectivity index (χ1v) is 8.88. The van der Waals surface area contributed by atoms with Crippen molar-refractivity contribution >= 4 is 5.96 Å². The van der Waals surface area contributed by atoms with Crippen LogP contribution in [0.25, 0.3) is 0 Å². The first-order valence-electron chi connectivity index (χ1n) is 8.88. The molecule has 5 heteroatoms. The van der Waals surface area contributed by atoms with E-state index in [9.17, 15) is 0 Å². The standard InChI is InChI=1S/C21H29N3O2/c1-16(10-11-17-8-6-5-7-9-17)24-21(22-2)23-15-18-12-13-19(25-3)14-20(18)26-4/h5-9,12-14,16H,10-11,15H2,1-4H3,(H2,22,23,24). The van der Waals surface area contributed by atoms with Gasteiger partial charge in [-0.15, -0.1) is 0 Å². The molecule has 0 aliphatic carbocycles. The average Bonchev–Trinajstić information content (AvgIpc) is 2.70. The summed E-state index contributed by atoms with van der Waals surface area (Å²) in [6.07, 6.45) is 2.08. The number of hydrogen-bond donors (Lipinski definition) is 2.